The minimum atomic E-state index is -1.54. The molecule has 2 nitrogen and oxygen atoms in total. The van der Waals surface area contributed by atoms with Crippen molar-refractivity contribution in [1.29, 1.82) is 0 Å². The van der Waals surface area contributed by atoms with Gasteiger partial charge < -0.3 is 4.74 Å². The van der Waals surface area contributed by atoms with Gasteiger partial charge >= 0.3 is 0 Å². The minimum Gasteiger partial charge on any atom is -0.490 e. The minimum absolute atomic E-state index is 0.0829. The van der Waals surface area contributed by atoms with Crippen LogP contribution < -0.4 is 4.74 Å². The first-order valence-corrected chi connectivity index (χ1v) is 14.6. The van der Waals surface area contributed by atoms with E-state index in [1.54, 1.807) is 36.0 Å². The molecule has 5 rings (SSSR count). The van der Waals surface area contributed by atoms with Crippen LogP contribution >= 0.6 is 23.4 Å². The summed E-state index contributed by atoms with van der Waals surface area (Å²) in [7, 11) is -1.54. The molecule has 0 aromatic heterocycles. The Bertz CT molecular complexity index is 1130. The van der Waals surface area contributed by atoms with Gasteiger partial charge in [-0.15, -0.1) is 11.8 Å². The lowest BCUT2D eigenvalue weighted by Crippen LogP contribution is -2.48. The van der Waals surface area contributed by atoms with E-state index in [9.17, 15) is 13.0 Å². The number of fused-ring (bicyclic) bond motifs is 3. The summed E-state index contributed by atoms with van der Waals surface area (Å²) in [4.78, 5) is 1.90. The van der Waals surface area contributed by atoms with E-state index in [2.05, 4.69) is 18.4 Å². The maximum Gasteiger partial charge on any atom is 0.165 e. The first-order valence-electron chi connectivity index (χ1n) is 11.8. The number of ether oxygens (including phenoxy) is 1. The SMILES string of the molecule is CC.CSc1ccccc1.O=S(c1ccc(Cl)cc1)[C@@]12CCCCC1COc1c(F)ccc(F)c12. The number of benzene rings is 3. The lowest BCUT2D eigenvalue weighted by atomic mass is 9.73. The molecule has 0 spiro atoms. The van der Waals surface area contributed by atoms with Gasteiger partial charge in [-0.25, -0.2) is 8.78 Å². The lowest BCUT2D eigenvalue weighted by molar-refractivity contribution is 0.127. The molecular formula is C28H31ClF2O2S2. The van der Waals surface area contributed by atoms with Gasteiger partial charge in [0.1, 0.15) is 5.82 Å². The largest absolute Gasteiger partial charge is 0.490 e. The van der Waals surface area contributed by atoms with E-state index in [4.69, 9.17) is 16.3 Å². The van der Waals surface area contributed by atoms with Crippen molar-refractivity contribution >= 4 is 34.2 Å². The van der Waals surface area contributed by atoms with Gasteiger partial charge in [0.05, 0.1) is 27.7 Å². The number of hydrogen-bond donors (Lipinski definition) is 0. The summed E-state index contributed by atoms with van der Waals surface area (Å²) in [5.41, 5.74) is 0.136. The van der Waals surface area contributed by atoms with Crippen LogP contribution in [0.2, 0.25) is 5.02 Å². The predicted octanol–water partition coefficient (Wildman–Crippen LogP) is 8.64. The van der Waals surface area contributed by atoms with Gasteiger partial charge in [0, 0.05) is 20.7 Å². The maximum absolute atomic E-state index is 14.8. The molecule has 2 aliphatic rings. The molecule has 0 amide bonds. The van der Waals surface area contributed by atoms with Crippen molar-refractivity contribution in [2.75, 3.05) is 12.9 Å². The van der Waals surface area contributed by atoms with E-state index in [0.717, 1.165) is 31.4 Å². The van der Waals surface area contributed by atoms with Crippen LogP contribution in [0, 0.1) is 17.6 Å². The molecular weight excluding hydrogens is 506 g/mol. The van der Waals surface area contributed by atoms with Crippen LogP contribution in [0.3, 0.4) is 0 Å². The van der Waals surface area contributed by atoms with Gasteiger partial charge in [-0.2, -0.15) is 0 Å². The Morgan fingerprint density at radius 1 is 0.971 bits per heavy atom. The van der Waals surface area contributed by atoms with Crippen LogP contribution in [-0.4, -0.2) is 17.1 Å². The molecule has 3 atom stereocenters. The molecule has 188 valence electrons. The molecule has 35 heavy (non-hydrogen) atoms. The molecule has 7 heteroatoms. The molecule has 1 aliphatic heterocycles. The Kier molecular flexibility index (Phi) is 10.2. The number of thioether (sulfide) groups is 1. The lowest BCUT2D eigenvalue weighted by Gasteiger charge is -2.47. The highest BCUT2D eigenvalue weighted by Gasteiger charge is 2.54. The highest BCUT2D eigenvalue weighted by molar-refractivity contribution is 7.98. The van der Waals surface area contributed by atoms with Crippen molar-refractivity contribution in [3.63, 3.8) is 0 Å². The van der Waals surface area contributed by atoms with Gasteiger partial charge in [0.2, 0.25) is 0 Å². The van der Waals surface area contributed by atoms with E-state index < -0.39 is 27.2 Å². The first-order chi connectivity index (χ1) is 17.0. The topological polar surface area (TPSA) is 26.3 Å². The summed E-state index contributed by atoms with van der Waals surface area (Å²) in [6.07, 6.45) is 5.21. The number of hydrogen-bond acceptors (Lipinski definition) is 3. The summed E-state index contributed by atoms with van der Waals surface area (Å²) in [5, 5.41) is 0.544. The Hall–Kier alpha value is -1.89. The summed E-state index contributed by atoms with van der Waals surface area (Å²) >= 11 is 7.71. The second-order valence-corrected chi connectivity index (χ2v) is 11.2. The van der Waals surface area contributed by atoms with Gasteiger partial charge in [0.15, 0.2) is 11.6 Å². The Balaban J connectivity index is 0.000000289. The zero-order valence-electron chi connectivity index (χ0n) is 20.2. The molecule has 2 unspecified atom stereocenters. The molecule has 1 fully saturated rings. The Labute approximate surface area is 218 Å². The standard InChI is InChI=1S/C19H17ClF2O2S.C7H8S.C2H6/c20-13-4-6-14(7-5-13)25(23)19-10-2-1-3-12(19)11-24-18-16(22)9-8-15(21)17(18)19;1-8-7-5-3-2-4-6-7;1-2/h4-9,12H,1-3,10-11H2;2-6H,1H3;1-2H3/t12?,19-,25?;;/m0../s1. The zero-order chi connectivity index (χ0) is 25.4. The van der Waals surface area contributed by atoms with E-state index in [0.29, 0.717) is 16.3 Å². The maximum atomic E-state index is 14.8. The van der Waals surface area contributed by atoms with Crippen molar-refractivity contribution in [2.24, 2.45) is 5.92 Å². The Morgan fingerprint density at radius 2 is 1.63 bits per heavy atom. The number of halogens is 3. The van der Waals surface area contributed by atoms with Crippen LogP contribution in [0.5, 0.6) is 5.75 Å². The van der Waals surface area contributed by atoms with Crippen LogP contribution in [0.1, 0.15) is 45.1 Å². The first kappa shape index (κ1) is 27.7. The van der Waals surface area contributed by atoms with E-state index in [1.807, 2.05) is 32.0 Å². The molecule has 1 saturated carbocycles. The smallest absolute Gasteiger partial charge is 0.165 e. The van der Waals surface area contributed by atoms with Crippen LogP contribution in [0.15, 0.2) is 76.5 Å². The van der Waals surface area contributed by atoms with Gasteiger partial charge in [-0.1, -0.05) is 56.5 Å². The summed E-state index contributed by atoms with van der Waals surface area (Å²) in [6, 6.07) is 19.2. The third-order valence-electron chi connectivity index (χ3n) is 6.26. The molecule has 1 heterocycles. The van der Waals surface area contributed by atoms with Gasteiger partial charge in [0.25, 0.3) is 0 Å². The fourth-order valence-electron chi connectivity index (χ4n) is 4.68. The van der Waals surface area contributed by atoms with E-state index in [-0.39, 0.29) is 23.8 Å². The third-order valence-corrected chi connectivity index (χ3v) is 9.36. The van der Waals surface area contributed by atoms with Gasteiger partial charge in [-0.05, 0) is 67.6 Å². The summed E-state index contributed by atoms with van der Waals surface area (Å²) in [6.45, 7) is 4.26. The van der Waals surface area contributed by atoms with Crippen molar-refractivity contribution in [3.05, 3.63) is 89.0 Å². The van der Waals surface area contributed by atoms with Crippen molar-refractivity contribution in [1.82, 2.24) is 0 Å². The van der Waals surface area contributed by atoms with E-state index >= 15 is 0 Å². The molecule has 0 N–H and O–H groups in total. The van der Waals surface area contributed by atoms with Crippen LogP contribution in [0.4, 0.5) is 8.78 Å². The quantitative estimate of drug-likeness (QED) is 0.313. The monoisotopic (exact) mass is 536 g/mol. The average molecular weight is 537 g/mol. The Morgan fingerprint density at radius 3 is 2.26 bits per heavy atom. The molecule has 3 aromatic carbocycles. The molecule has 1 aliphatic carbocycles. The second kappa shape index (κ2) is 12.9. The number of rotatable bonds is 3. The highest BCUT2D eigenvalue weighted by atomic mass is 35.5. The normalized spacial score (nSPS) is 21.0. The second-order valence-electron chi connectivity index (χ2n) is 8.12. The van der Waals surface area contributed by atoms with Gasteiger partial charge in [-0.3, -0.25) is 4.21 Å². The van der Waals surface area contributed by atoms with Crippen LogP contribution in [-0.2, 0) is 15.5 Å². The molecule has 3 aromatic rings. The molecule has 0 radical (unpaired) electrons. The molecule has 0 bridgehead atoms. The predicted molar refractivity (Wildman–Crippen MR) is 143 cm³/mol. The fourth-order valence-corrected chi connectivity index (χ4v) is 7.23. The van der Waals surface area contributed by atoms with Crippen molar-refractivity contribution in [3.8, 4) is 5.75 Å². The van der Waals surface area contributed by atoms with Crippen molar-refractivity contribution < 1.29 is 17.7 Å². The zero-order valence-corrected chi connectivity index (χ0v) is 22.6. The van der Waals surface area contributed by atoms with Crippen molar-refractivity contribution in [2.45, 2.75) is 54.1 Å². The average Bonchev–Trinajstić information content (AvgIpc) is 2.92. The third kappa shape index (κ3) is 5.92. The highest BCUT2D eigenvalue weighted by Crippen LogP contribution is 2.55. The fraction of sp³-hybridized carbons (Fsp3) is 0.357. The summed E-state index contributed by atoms with van der Waals surface area (Å²) in [5.74, 6) is -1.35. The van der Waals surface area contributed by atoms with E-state index in [1.165, 1.54) is 4.90 Å². The summed E-state index contributed by atoms with van der Waals surface area (Å²) < 4.78 is 47.3. The van der Waals surface area contributed by atoms with Crippen LogP contribution in [0.25, 0.3) is 0 Å². The molecule has 0 saturated heterocycles.